The molecule has 0 radical (unpaired) electrons. The Labute approximate surface area is 90.5 Å². The summed E-state index contributed by atoms with van der Waals surface area (Å²) in [5.74, 6) is 0.613. The van der Waals surface area contributed by atoms with Crippen LogP contribution in [0.4, 0.5) is 5.95 Å². The van der Waals surface area contributed by atoms with Crippen molar-refractivity contribution in [1.29, 1.82) is 0 Å². The lowest BCUT2D eigenvalue weighted by Crippen LogP contribution is -2.22. The van der Waals surface area contributed by atoms with Crippen molar-refractivity contribution in [3.05, 3.63) is 19.6 Å². The fraction of sp³-hybridized carbons (Fsp3) is 0.500. The molecule has 4 nitrogen and oxygen atoms in total. The number of aryl methyl sites for hydroxylation is 1. The van der Waals surface area contributed by atoms with Gasteiger partial charge in [0, 0.05) is 14.1 Å². The second-order valence-electron chi connectivity index (χ2n) is 2.90. The zero-order chi connectivity index (χ0) is 10.0. The SMILES string of the molecule is CCc1nc(N(C)C)[nH]c(=O)c1I. The third kappa shape index (κ3) is 2.20. The molecule has 1 N–H and O–H groups in total. The van der Waals surface area contributed by atoms with Gasteiger partial charge >= 0.3 is 0 Å². The molecule has 0 saturated heterocycles. The maximum atomic E-state index is 11.4. The molecular weight excluding hydrogens is 281 g/mol. The minimum atomic E-state index is -0.0591. The van der Waals surface area contributed by atoms with E-state index < -0.39 is 0 Å². The minimum absolute atomic E-state index is 0.0591. The molecule has 0 aliphatic carbocycles. The number of hydrogen-bond donors (Lipinski definition) is 1. The Bertz CT molecular complexity index is 359. The Balaban J connectivity index is 3.31. The van der Waals surface area contributed by atoms with Crippen molar-refractivity contribution in [3.8, 4) is 0 Å². The van der Waals surface area contributed by atoms with E-state index in [1.54, 1.807) is 4.90 Å². The van der Waals surface area contributed by atoms with Gasteiger partial charge in [-0.3, -0.25) is 9.78 Å². The van der Waals surface area contributed by atoms with Crippen molar-refractivity contribution in [2.45, 2.75) is 13.3 Å². The van der Waals surface area contributed by atoms with E-state index in [1.807, 2.05) is 43.6 Å². The van der Waals surface area contributed by atoms with Crippen molar-refractivity contribution < 1.29 is 0 Å². The molecule has 1 heterocycles. The molecule has 0 aliphatic rings. The van der Waals surface area contributed by atoms with E-state index in [-0.39, 0.29) is 5.56 Å². The van der Waals surface area contributed by atoms with Crippen LogP contribution in [-0.4, -0.2) is 24.1 Å². The normalized spacial score (nSPS) is 10.2. The summed E-state index contributed by atoms with van der Waals surface area (Å²) in [6.45, 7) is 1.99. The summed E-state index contributed by atoms with van der Waals surface area (Å²) in [6.07, 6.45) is 0.781. The molecule has 72 valence electrons. The molecule has 0 spiro atoms. The first-order valence-electron chi connectivity index (χ1n) is 4.02. The summed E-state index contributed by atoms with van der Waals surface area (Å²) >= 11 is 2.02. The van der Waals surface area contributed by atoms with E-state index in [1.165, 1.54) is 0 Å². The number of anilines is 1. The van der Waals surface area contributed by atoms with Gasteiger partial charge in [-0.2, -0.15) is 0 Å². The number of halogens is 1. The van der Waals surface area contributed by atoms with Crippen molar-refractivity contribution in [3.63, 3.8) is 0 Å². The summed E-state index contributed by atoms with van der Waals surface area (Å²) in [7, 11) is 3.70. The van der Waals surface area contributed by atoms with Gasteiger partial charge in [0.05, 0.1) is 9.26 Å². The average Bonchev–Trinajstić information content (AvgIpc) is 2.09. The predicted octanol–water partition coefficient (Wildman–Crippen LogP) is 1.00. The third-order valence-corrected chi connectivity index (χ3v) is 2.79. The molecule has 13 heavy (non-hydrogen) atoms. The lowest BCUT2D eigenvalue weighted by molar-refractivity contribution is 0.912. The zero-order valence-electron chi connectivity index (χ0n) is 7.89. The van der Waals surface area contributed by atoms with Crippen LogP contribution in [0, 0.1) is 3.57 Å². The predicted molar refractivity (Wildman–Crippen MR) is 61.3 cm³/mol. The molecule has 1 aromatic heterocycles. The maximum absolute atomic E-state index is 11.4. The summed E-state index contributed by atoms with van der Waals surface area (Å²) in [4.78, 5) is 20.2. The largest absolute Gasteiger partial charge is 0.348 e. The zero-order valence-corrected chi connectivity index (χ0v) is 10.0. The van der Waals surface area contributed by atoms with Crippen LogP contribution in [0.2, 0.25) is 0 Å². The van der Waals surface area contributed by atoms with Crippen LogP contribution in [0.3, 0.4) is 0 Å². The summed E-state index contributed by atoms with van der Waals surface area (Å²) in [6, 6.07) is 0. The molecule has 0 unspecified atom stereocenters. The molecule has 0 atom stereocenters. The first kappa shape index (κ1) is 10.5. The number of hydrogen-bond acceptors (Lipinski definition) is 3. The Morgan fingerprint density at radius 1 is 1.54 bits per heavy atom. The lowest BCUT2D eigenvalue weighted by Gasteiger charge is -2.11. The second-order valence-corrected chi connectivity index (χ2v) is 3.98. The van der Waals surface area contributed by atoms with Crippen LogP contribution in [0.15, 0.2) is 4.79 Å². The third-order valence-electron chi connectivity index (χ3n) is 1.68. The number of aromatic amines is 1. The van der Waals surface area contributed by atoms with Crippen molar-refractivity contribution in [1.82, 2.24) is 9.97 Å². The van der Waals surface area contributed by atoms with Gasteiger partial charge < -0.3 is 4.90 Å². The number of rotatable bonds is 2. The fourth-order valence-corrected chi connectivity index (χ4v) is 1.58. The molecular formula is C8H12IN3O. The highest BCUT2D eigenvalue weighted by atomic mass is 127. The van der Waals surface area contributed by atoms with Gasteiger partial charge in [-0.1, -0.05) is 6.92 Å². The van der Waals surface area contributed by atoms with Gasteiger partial charge in [-0.15, -0.1) is 0 Å². The monoisotopic (exact) mass is 293 g/mol. The molecule has 0 amide bonds. The van der Waals surface area contributed by atoms with Crippen LogP contribution in [-0.2, 0) is 6.42 Å². The van der Waals surface area contributed by atoms with Gasteiger partial charge in [0.25, 0.3) is 5.56 Å². The summed E-state index contributed by atoms with van der Waals surface area (Å²) in [5.41, 5.74) is 0.796. The number of aromatic nitrogens is 2. The number of nitrogens with zero attached hydrogens (tertiary/aromatic N) is 2. The maximum Gasteiger partial charge on any atom is 0.265 e. The Morgan fingerprint density at radius 3 is 2.62 bits per heavy atom. The number of nitrogens with one attached hydrogen (secondary N) is 1. The molecule has 0 bridgehead atoms. The highest BCUT2D eigenvalue weighted by Gasteiger charge is 2.07. The molecule has 1 aromatic rings. The van der Waals surface area contributed by atoms with E-state index in [0.29, 0.717) is 9.52 Å². The van der Waals surface area contributed by atoms with Gasteiger partial charge in [-0.25, -0.2) is 4.98 Å². The van der Waals surface area contributed by atoms with Crippen LogP contribution in [0.25, 0.3) is 0 Å². The van der Waals surface area contributed by atoms with E-state index in [9.17, 15) is 4.79 Å². The quantitative estimate of drug-likeness (QED) is 0.828. The molecule has 5 heteroatoms. The Morgan fingerprint density at radius 2 is 2.15 bits per heavy atom. The van der Waals surface area contributed by atoms with E-state index in [0.717, 1.165) is 12.1 Å². The van der Waals surface area contributed by atoms with Crippen molar-refractivity contribution >= 4 is 28.5 Å². The summed E-state index contributed by atoms with van der Waals surface area (Å²) in [5, 5.41) is 0. The Kier molecular flexibility index (Phi) is 3.29. The van der Waals surface area contributed by atoms with E-state index in [2.05, 4.69) is 9.97 Å². The second kappa shape index (κ2) is 4.08. The first-order chi connectivity index (χ1) is 6.06. The van der Waals surface area contributed by atoms with Gasteiger partial charge in [-0.05, 0) is 29.0 Å². The van der Waals surface area contributed by atoms with Crippen molar-refractivity contribution in [2.24, 2.45) is 0 Å². The molecule has 0 aromatic carbocycles. The van der Waals surface area contributed by atoms with Crippen molar-refractivity contribution in [2.75, 3.05) is 19.0 Å². The van der Waals surface area contributed by atoms with Crippen LogP contribution >= 0.6 is 22.6 Å². The Hall–Kier alpha value is -0.590. The summed E-state index contributed by atoms with van der Waals surface area (Å²) < 4.78 is 0.686. The van der Waals surface area contributed by atoms with Gasteiger partial charge in [0.15, 0.2) is 0 Å². The molecule has 0 aliphatic heterocycles. The molecule has 0 fully saturated rings. The first-order valence-corrected chi connectivity index (χ1v) is 5.10. The highest BCUT2D eigenvalue weighted by molar-refractivity contribution is 14.1. The number of H-pyrrole nitrogens is 1. The molecule has 0 saturated carbocycles. The molecule has 1 rings (SSSR count). The lowest BCUT2D eigenvalue weighted by atomic mass is 10.3. The smallest absolute Gasteiger partial charge is 0.265 e. The van der Waals surface area contributed by atoms with Gasteiger partial charge in [0.1, 0.15) is 0 Å². The van der Waals surface area contributed by atoms with Gasteiger partial charge in [0.2, 0.25) is 5.95 Å². The highest BCUT2D eigenvalue weighted by Crippen LogP contribution is 2.08. The van der Waals surface area contributed by atoms with E-state index in [4.69, 9.17) is 0 Å². The standard InChI is InChI=1S/C8H12IN3O/c1-4-5-6(9)7(13)11-8(10-5)12(2)3/h4H2,1-3H3,(H,10,11,13). The average molecular weight is 293 g/mol. The fourth-order valence-electron chi connectivity index (χ4n) is 0.938. The van der Waals surface area contributed by atoms with Crippen LogP contribution in [0.1, 0.15) is 12.6 Å². The van der Waals surface area contributed by atoms with Crippen LogP contribution in [0.5, 0.6) is 0 Å². The topological polar surface area (TPSA) is 49.0 Å². The minimum Gasteiger partial charge on any atom is -0.348 e. The van der Waals surface area contributed by atoms with Crippen LogP contribution < -0.4 is 10.5 Å². The van der Waals surface area contributed by atoms with E-state index >= 15 is 0 Å².